The number of anilines is 5. The van der Waals surface area contributed by atoms with E-state index in [-0.39, 0.29) is 11.3 Å². The fourth-order valence-corrected chi connectivity index (χ4v) is 4.02. The minimum absolute atomic E-state index is 0.119. The second-order valence-electron chi connectivity index (χ2n) is 9.38. The summed E-state index contributed by atoms with van der Waals surface area (Å²) in [4.78, 5) is 23.2. The molecule has 0 bridgehead atoms. The quantitative estimate of drug-likeness (QED) is 0.233. The molecule has 0 spiro atoms. The zero-order valence-corrected chi connectivity index (χ0v) is 23.3. The van der Waals surface area contributed by atoms with E-state index < -0.39 is 17.6 Å². The number of likely N-dealkylation sites (N-methyl/N-ethyl adjacent to an activating group) is 1. The van der Waals surface area contributed by atoms with Gasteiger partial charge in [0.05, 0.1) is 17.9 Å². The third kappa shape index (κ3) is 7.11. The molecule has 13 heteroatoms. The van der Waals surface area contributed by atoms with E-state index in [4.69, 9.17) is 4.74 Å². The first kappa shape index (κ1) is 29.3. The summed E-state index contributed by atoms with van der Waals surface area (Å²) in [6.07, 6.45) is -3.19. The highest BCUT2D eigenvalue weighted by Gasteiger charge is 2.32. The molecule has 0 saturated heterocycles. The van der Waals surface area contributed by atoms with Gasteiger partial charge in [0.2, 0.25) is 0 Å². The maximum atomic E-state index is 13.7. The van der Waals surface area contributed by atoms with Crippen molar-refractivity contribution in [2.24, 2.45) is 0 Å². The molecule has 4 aromatic rings. The van der Waals surface area contributed by atoms with Crippen molar-refractivity contribution in [1.29, 1.82) is 0 Å². The Morgan fingerprint density at radius 3 is 2.56 bits per heavy atom. The summed E-state index contributed by atoms with van der Waals surface area (Å²) in [6, 6.07) is 12.1. The smallest absolute Gasteiger partial charge is 0.383 e. The molecule has 0 atom stereocenters. The number of amides is 1. The summed E-state index contributed by atoms with van der Waals surface area (Å²) < 4.78 is 47.6. The zero-order chi connectivity index (χ0) is 29.7. The van der Waals surface area contributed by atoms with Crippen LogP contribution in [-0.2, 0) is 10.9 Å². The average molecular weight is 569 g/mol. The number of hydrogen-bond donors (Lipinski definition) is 3. The highest BCUT2D eigenvalue weighted by atomic mass is 19.4. The van der Waals surface area contributed by atoms with Gasteiger partial charge in [0.15, 0.2) is 5.82 Å². The molecule has 0 saturated carbocycles. The van der Waals surface area contributed by atoms with Crippen LogP contribution in [0.2, 0.25) is 0 Å². The van der Waals surface area contributed by atoms with Crippen LogP contribution in [0.15, 0.2) is 54.9 Å². The fraction of sp³-hybridized carbons (Fsp3) is 0.286. The molecular weight excluding hydrogens is 537 g/mol. The number of rotatable bonds is 10. The van der Waals surface area contributed by atoms with Gasteiger partial charge in [-0.25, -0.2) is 9.97 Å². The molecule has 41 heavy (non-hydrogen) atoms. The lowest BCUT2D eigenvalue weighted by molar-refractivity contribution is -0.137. The van der Waals surface area contributed by atoms with E-state index in [0.29, 0.717) is 42.0 Å². The number of methoxy groups -OCH3 is 1. The van der Waals surface area contributed by atoms with Crippen LogP contribution < -0.4 is 20.9 Å². The number of hydrogen-bond acceptors (Lipinski definition) is 8. The monoisotopic (exact) mass is 568 g/mol. The summed E-state index contributed by atoms with van der Waals surface area (Å²) in [5.74, 6) is 1.11. The Hall–Kier alpha value is -4.65. The van der Waals surface area contributed by atoms with E-state index in [0.717, 1.165) is 23.4 Å². The number of nitrogens with zero attached hydrogens (tertiary/aromatic N) is 5. The van der Waals surface area contributed by atoms with Crippen molar-refractivity contribution in [2.45, 2.75) is 20.0 Å². The van der Waals surface area contributed by atoms with Gasteiger partial charge in [0.25, 0.3) is 5.91 Å². The van der Waals surface area contributed by atoms with Gasteiger partial charge in [-0.1, -0.05) is 6.07 Å². The average Bonchev–Trinajstić information content (AvgIpc) is 3.32. The van der Waals surface area contributed by atoms with E-state index in [2.05, 4.69) is 31.0 Å². The van der Waals surface area contributed by atoms with Crippen molar-refractivity contribution in [2.75, 3.05) is 55.2 Å². The van der Waals surface area contributed by atoms with Gasteiger partial charge in [-0.3, -0.25) is 4.79 Å². The van der Waals surface area contributed by atoms with Crippen molar-refractivity contribution in [3.8, 4) is 5.82 Å². The van der Waals surface area contributed by atoms with Crippen LogP contribution in [0.25, 0.3) is 5.82 Å². The SMILES string of the molecule is CNc1cc(-n2nc(C)cc2Nc2cc(NC(=O)c3cc(N(C)CCOC)cc(C(F)(F)F)c3)ccc2C)ncn1. The van der Waals surface area contributed by atoms with Gasteiger partial charge in [-0.15, -0.1) is 0 Å². The standard InChI is InChI=1S/C28H31F3N8O2/c1-17-6-7-21(14-23(17)36-26-10-18(2)37-39(26)25-15-24(32-3)33-16-34-25)35-27(40)19-11-20(28(29,30)31)13-22(12-19)38(4)8-9-41-5/h6-7,10-16,36H,8-9H2,1-5H3,(H,35,40)(H,32,33,34). The van der Waals surface area contributed by atoms with Crippen molar-refractivity contribution in [3.63, 3.8) is 0 Å². The van der Waals surface area contributed by atoms with Crippen LogP contribution in [-0.4, -0.2) is 60.0 Å². The Balaban J connectivity index is 1.61. The molecule has 0 fully saturated rings. The lowest BCUT2D eigenvalue weighted by Crippen LogP contribution is -2.23. The van der Waals surface area contributed by atoms with Gasteiger partial charge >= 0.3 is 6.18 Å². The number of benzene rings is 2. The number of alkyl halides is 3. The molecule has 0 aliphatic heterocycles. The summed E-state index contributed by atoms with van der Waals surface area (Å²) >= 11 is 0. The van der Waals surface area contributed by atoms with Gasteiger partial charge in [-0.2, -0.15) is 23.0 Å². The number of ether oxygens (including phenoxy) is 1. The van der Waals surface area contributed by atoms with Gasteiger partial charge in [0, 0.05) is 62.5 Å². The van der Waals surface area contributed by atoms with Crippen molar-refractivity contribution >= 4 is 34.6 Å². The Kier molecular flexibility index (Phi) is 8.77. The lowest BCUT2D eigenvalue weighted by atomic mass is 10.1. The van der Waals surface area contributed by atoms with Crippen molar-refractivity contribution in [1.82, 2.24) is 19.7 Å². The van der Waals surface area contributed by atoms with E-state index in [1.54, 1.807) is 47.9 Å². The number of nitrogens with one attached hydrogen (secondary N) is 3. The highest BCUT2D eigenvalue weighted by molar-refractivity contribution is 6.05. The number of aromatic nitrogens is 4. The van der Waals surface area contributed by atoms with Crippen molar-refractivity contribution in [3.05, 3.63) is 77.2 Å². The first-order chi connectivity index (χ1) is 19.5. The van der Waals surface area contributed by atoms with Crippen LogP contribution >= 0.6 is 0 Å². The van der Waals surface area contributed by atoms with Crippen LogP contribution in [0.3, 0.4) is 0 Å². The minimum Gasteiger partial charge on any atom is -0.383 e. The highest BCUT2D eigenvalue weighted by Crippen LogP contribution is 2.33. The molecule has 2 heterocycles. The van der Waals surface area contributed by atoms with E-state index in [1.165, 1.54) is 19.5 Å². The Labute approximate surface area is 235 Å². The molecule has 3 N–H and O–H groups in total. The maximum Gasteiger partial charge on any atom is 0.416 e. The topological polar surface area (TPSA) is 109 Å². The molecule has 0 aliphatic carbocycles. The molecule has 2 aromatic carbocycles. The molecule has 0 aliphatic rings. The second-order valence-corrected chi connectivity index (χ2v) is 9.38. The van der Waals surface area contributed by atoms with Crippen LogP contribution in [0.4, 0.5) is 41.9 Å². The van der Waals surface area contributed by atoms with Gasteiger partial charge < -0.3 is 25.6 Å². The minimum atomic E-state index is -4.62. The number of carbonyl (C=O) groups excluding carboxylic acids is 1. The number of aryl methyl sites for hydroxylation is 2. The Morgan fingerprint density at radius 1 is 1.07 bits per heavy atom. The Morgan fingerprint density at radius 2 is 1.85 bits per heavy atom. The summed E-state index contributed by atoms with van der Waals surface area (Å²) in [5.41, 5.74) is 1.90. The predicted molar refractivity (Wildman–Crippen MR) is 152 cm³/mol. The largest absolute Gasteiger partial charge is 0.416 e. The predicted octanol–water partition coefficient (Wildman–Crippen LogP) is 5.42. The first-order valence-electron chi connectivity index (χ1n) is 12.7. The molecule has 0 unspecified atom stereocenters. The zero-order valence-electron chi connectivity index (χ0n) is 23.3. The third-order valence-corrected chi connectivity index (χ3v) is 6.29. The molecule has 10 nitrogen and oxygen atoms in total. The molecular formula is C28H31F3N8O2. The summed E-state index contributed by atoms with van der Waals surface area (Å²) in [5, 5.41) is 13.5. The normalized spacial score (nSPS) is 11.3. The van der Waals surface area contributed by atoms with E-state index in [1.807, 2.05) is 19.9 Å². The number of carbonyl (C=O) groups is 1. The van der Waals surface area contributed by atoms with Crippen LogP contribution in [0.5, 0.6) is 0 Å². The molecule has 2 aromatic heterocycles. The second kappa shape index (κ2) is 12.3. The van der Waals surface area contributed by atoms with Gasteiger partial charge in [0.1, 0.15) is 18.0 Å². The third-order valence-electron chi connectivity index (χ3n) is 6.29. The van der Waals surface area contributed by atoms with Crippen LogP contribution in [0, 0.1) is 13.8 Å². The molecule has 0 radical (unpaired) electrons. The van der Waals surface area contributed by atoms with Crippen molar-refractivity contribution < 1.29 is 22.7 Å². The molecule has 1 amide bonds. The van der Waals surface area contributed by atoms with Gasteiger partial charge in [-0.05, 0) is 49.7 Å². The maximum absolute atomic E-state index is 13.7. The Bertz CT molecular complexity index is 1540. The lowest BCUT2D eigenvalue weighted by Gasteiger charge is -2.21. The van der Waals surface area contributed by atoms with Crippen LogP contribution in [0.1, 0.15) is 27.2 Å². The fourth-order valence-electron chi connectivity index (χ4n) is 4.02. The number of halogens is 3. The summed E-state index contributed by atoms with van der Waals surface area (Å²) in [7, 11) is 4.90. The first-order valence-corrected chi connectivity index (χ1v) is 12.7. The summed E-state index contributed by atoms with van der Waals surface area (Å²) in [6.45, 7) is 4.41. The molecule has 4 rings (SSSR count). The van der Waals surface area contributed by atoms with E-state index in [9.17, 15) is 18.0 Å². The van der Waals surface area contributed by atoms with E-state index >= 15 is 0 Å². The molecule has 216 valence electrons.